The van der Waals surface area contributed by atoms with Crippen molar-refractivity contribution in [2.75, 3.05) is 6.54 Å². The lowest BCUT2D eigenvalue weighted by atomic mass is 10.1. The quantitative estimate of drug-likeness (QED) is 0.819. The number of hydrogen-bond acceptors (Lipinski definition) is 2. The highest BCUT2D eigenvalue weighted by atomic mass is 16.3. The van der Waals surface area contributed by atoms with Crippen LogP contribution in [0.25, 0.3) is 0 Å². The average molecular weight is 241 g/mol. The number of hydrogen-bond donors (Lipinski definition) is 1. The maximum absolute atomic E-state index is 10.3. The van der Waals surface area contributed by atoms with E-state index in [1.54, 1.807) is 0 Å². The second kappa shape index (κ2) is 4.71. The Labute approximate surface area is 108 Å². The van der Waals surface area contributed by atoms with Crippen LogP contribution >= 0.6 is 0 Å². The van der Waals surface area contributed by atoms with Crippen LogP contribution in [-0.4, -0.2) is 28.7 Å². The molecule has 4 atom stereocenters. The minimum Gasteiger partial charge on any atom is -0.387 e. The van der Waals surface area contributed by atoms with Gasteiger partial charge in [-0.25, -0.2) is 0 Å². The minimum absolute atomic E-state index is 0.286. The third-order valence-electron chi connectivity index (χ3n) is 3.98. The van der Waals surface area contributed by atoms with E-state index in [9.17, 15) is 5.11 Å². The highest BCUT2D eigenvalue weighted by molar-refractivity contribution is 5.33. The number of aliphatic hydroxyl groups excluding tert-OH is 1. The summed E-state index contributed by atoms with van der Waals surface area (Å²) >= 11 is 0. The van der Waals surface area contributed by atoms with E-state index in [-0.39, 0.29) is 12.1 Å². The van der Waals surface area contributed by atoms with E-state index in [1.807, 2.05) is 12.1 Å². The predicted molar refractivity (Wildman–Crippen MR) is 73.2 cm³/mol. The van der Waals surface area contributed by atoms with Crippen LogP contribution in [0.1, 0.15) is 24.9 Å². The zero-order valence-electron chi connectivity index (χ0n) is 10.7. The summed E-state index contributed by atoms with van der Waals surface area (Å²) in [6, 6.07) is 11.2. The maximum atomic E-state index is 10.3. The molecular weight excluding hydrogens is 222 g/mol. The average Bonchev–Trinajstić information content (AvgIpc) is 3.03. The fourth-order valence-corrected chi connectivity index (χ4v) is 2.74. The standard InChI is InChI=1S/C16H19NO/c1-12(13-7-3-2-4-8-13)17-11-15(17)16(18)14-9-5-6-10-14/h2-5,7-10,12,15-16,18H,6,11H2,1H3/t12-,15+,16-,17?/m1/s1. The third-order valence-corrected chi connectivity index (χ3v) is 3.98. The van der Waals surface area contributed by atoms with Gasteiger partial charge in [-0.15, -0.1) is 0 Å². The first-order valence-electron chi connectivity index (χ1n) is 6.62. The minimum atomic E-state index is -0.324. The normalized spacial score (nSPS) is 28.9. The lowest BCUT2D eigenvalue weighted by Gasteiger charge is -2.17. The van der Waals surface area contributed by atoms with Gasteiger partial charge in [0.25, 0.3) is 0 Å². The molecule has 1 saturated heterocycles. The number of allylic oxidation sites excluding steroid dienone is 2. The van der Waals surface area contributed by atoms with Crippen LogP contribution < -0.4 is 0 Å². The summed E-state index contributed by atoms with van der Waals surface area (Å²) in [5.41, 5.74) is 2.41. The first-order chi connectivity index (χ1) is 8.77. The molecule has 2 aliphatic rings. The third kappa shape index (κ3) is 2.14. The van der Waals surface area contributed by atoms with E-state index < -0.39 is 0 Å². The van der Waals surface area contributed by atoms with E-state index in [0.29, 0.717) is 6.04 Å². The summed E-state index contributed by atoms with van der Waals surface area (Å²) in [6.45, 7) is 3.20. The van der Waals surface area contributed by atoms with Gasteiger partial charge in [-0.2, -0.15) is 0 Å². The van der Waals surface area contributed by atoms with Gasteiger partial charge in [0.05, 0.1) is 12.1 Å². The van der Waals surface area contributed by atoms with Gasteiger partial charge >= 0.3 is 0 Å². The molecule has 1 aromatic carbocycles. The molecule has 0 bridgehead atoms. The molecule has 1 heterocycles. The summed E-state index contributed by atoms with van der Waals surface area (Å²) in [6.07, 6.45) is 6.91. The molecule has 3 rings (SSSR count). The second-order valence-corrected chi connectivity index (χ2v) is 5.14. The van der Waals surface area contributed by atoms with Crippen LogP contribution in [0.3, 0.4) is 0 Å². The second-order valence-electron chi connectivity index (χ2n) is 5.14. The lowest BCUT2D eigenvalue weighted by Crippen LogP contribution is -2.21. The highest BCUT2D eigenvalue weighted by Gasteiger charge is 2.44. The molecule has 0 aromatic heterocycles. The fourth-order valence-electron chi connectivity index (χ4n) is 2.74. The Balaban J connectivity index is 1.65. The molecule has 0 amide bonds. The van der Waals surface area contributed by atoms with Crippen molar-refractivity contribution in [1.29, 1.82) is 0 Å². The molecule has 1 aliphatic carbocycles. The van der Waals surface area contributed by atoms with Crippen LogP contribution in [-0.2, 0) is 0 Å². The predicted octanol–water partition coefficient (Wildman–Crippen LogP) is 2.68. The zero-order valence-corrected chi connectivity index (χ0v) is 10.7. The first-order valence-corrected chi connectivity index (χ1v) is 6.62. The van der Waals surface area contributed by atoms with Gasteiger partial charge in [0.1, 0.15) is 0 Å². The van der Waals surface area contributed by atoms with Crippen molar-refractivity contribution in [1.82, 2.24) is 4.90 Å². The van der Waals surface area contributed by atoms with E-state index in [1.165, 1.54) is 5.56 Å². The van der Waals surface area contributed by atoms with Crippen LogP contribution in [0, 0.1) is 0 Å². The van der Waals surface area contributed by atoms with Gasteiger partial charge in [0.2, 0.25) is 0 Å². The van der Waals surface area contributed by atoms with E-state index >= 15 is 0 Å². The van der Waals surface area contributed by atoms with Crippen molar-refractivity contribution in [3.63, 3.8) is 0 Å². The van der Waals surface area contributed by atoms with Crippen LogP contribution in [0.5, 0.6) is 0 Å². The molecule has 0 saturated carbocycles. The largest absolute Gasteiger partial charge is 0.387 e. The molecule has 2 nitrogen and oxygen atoms in total. The highest BCUT2D eigenvalue weighted by Crippen LogP contribution is 2.36. The fraction of sp³-hybridized carbons (Fsp3) is 0.375. The number of benzene rings is 1. The summed E-state index contributed by atoms with van der Waals surface area (Å²) < 4.78 is 0. The molecule has 0 spiro atoms. The Morgan fingerprint density at radius 3 is 2.72 bits per heavy atom. The van der Waals surface area contributed by atoms with Crippen LogP contribution in [0.15, 0.2) is 54.1 Å². The van der Waals surface area contributed by atoms with Crippen molar-refractivity contribution in [3.8, 4) is 0 Å². The number of aliphatic hydroxyl groups is 1. The van der Waals surface area contributed by atoms with Gasteiger partial charge in [0.15, 0.2) is 0 Å². The summed E-state index contributed by atoms with van der Waals surface area (Å²) in [5.74, 6) is 0. The SMILES string of the molecule is C[C@H](c1ccccc1)N1C[C@H]1[C@H](O)C1=CCC=C1. The van der Waals surface area contributed by atoms with E-state index in [0.717, 1.165) is 18.5 Å². The van der Waals surface area contributed by atoms with Gasteiger partial charge in [-0.3, -0.25) is 4.90 Å². The smallest absolute Gasteiger partial charge is 0.0954 e. The van der Waals surface area contributed by atoms with Crippen molar-refractivity contribution >= 4 is 0 Å². The van der Waals surface area contributed by atoms with E-state index in [4.69, 9.17) is 0 Å². The topological polar surface area (TPSA) is 23.2 Å². The Hall–Kier alpha value is -1.38. The molecule has 1 aliphatic heterocycles. The van der Waals surface area contributed by atoms with Gasteiger partial charge in [-0.1, -0.05) is 48.6 Å². The van der Waals surface area contributed by atoms with Crippen LogP contribution in [0.4, 0.5) is 0 Å². The van der Waals surface area contributed by atoms with Gasteiger partial charge in [0, 0.05) is 12.6 Å². The molecule has 1 unspecified atom stereocenters. The monoisotopic (exact) mass is 241 g/mol. The molecule has 18 heavy (non-hydrogen) atoms. The number of nitrogens with zero attached hydrogens (tertiary/aromatic N) is 1. The molecule has 1 fully saturated rings. The molecule has 1 aromatic rings. The summed E-state index contributed by atoms with van der Waals surface area (Å²) in [4.78, 5) is 2.35. The van der Waals surface area contributed by atoms with Crippen LogP contribution in [0.2, 0.25) is 0 Å². The molecule has 2 heteroatoms. The van der Waals surface area contributed by atoms with E-state index in [2.05, 4.69) is 48.2 Å². The Morgan fingerprint density at radius 1 is 1.28 bits per heavy atom. The van der Waals surface area contributed by atoms with Crippen molar-refractivity contribution in [3.05, 3.63) is 59.7 Å². The van der Waals surface area contributed by atoms with Gasteiger partial charge in [-0.05, 0) is 24.5 Å². The van der Waals surface area contributed by atoms with Crippen molar-refractivity contribution < 1.29 is 5.11 Å². The molecular formula is C16H19NO. The Bertz CT molecular complexity index is 477. The van der Waals surface area contributed by atoms with Gasteiger partial charge < -0.3 is 5.11 Å². The molecule has 1 N–H and O–H groups in total. The number of rotatable bonds is 4. The van der Waals surface area contributed by atoms with Crippen molar-refractivity contribution in [2.45, 2.75) is 31.5 Å². The molecule has 94 valence electrons. The first kappa shape index (κ1) is 11.7. The summed E-state index contributed by atoms with van der Waals surface area (Å²) in [5, 5.41) is 10.3. The Kier molecular flexibility index (Phi) is 3.06. The Morgan fingerprint density at radius 2 is 2.06 bits per heavy atom. The summed E-state index contributed by atoms with van der Waals surface area (Å²) in [7, 11) is 0. The lowest BCUT2D eigenvalue weighted by molar-refractivity contribution is 0.185. The maximum Gasteiger partial charge on any atom is 0.0954 e. The zero-order chi connectivity index (χ0) is 12.5. The van der Waals surface area contributed by atoms with Crippen molar-refractivity contribution in [2.24, 2.45) is 0 Å². The molecule has 0 radical (unpaired) electrons.